The average molecular weight is 316 g/mol. The first-order valence-electron chi connectivity index (χ1n) is 8.85. The third kappa shape index (κ3) is 3.93. The average Bonchev–Trinajstić information content (AvgIpc) is 3.35. The number of aliphatic hydroxyl groups is 1. The smallest absolute Gasteiger partial charge is 0.234 e. The van der Waals surface area contributed by atoms with Crippen molar-refractivity contribution in [3.63, 3.8) is 0 Å². The monoisotopic (exact) mass is 316 g/mol. The minimum Gasteiger partial charge on any atom is -0.392 e. The number of likely N-dealkylation sites (tertiary alicyclic amines) is 1. The third-order valence-electron chi connectivity index (χ3n) is 5.43. The maximum absolute atomic E-state index is 12.4. The summed E-state index contributed by atoms with van der Waals surface area (Å²) in [5, 5.41) is 13.0. The molecule has 0 radical (unpaired) electrons. The molecule has 1 aromatic carbocycles. The van der Waals surface area contributed by atoms with Gasteiger partial charge in [0.25, 0.3) is 0 Å². The fourth-order valence-corrected chi connectivity index (χ4v) is 3.78. The number of piperidine rings is 1. The number of rotatable bonds is 6. The quantitative estimate of drug-likeness (QED) is 0.845. The van der Waals surface area contributed by atoms with E-state index in [1.807, 2.05) is 13.0 Å². The number of nitrogens with one attached hydrogen (secondary N) is 1. The molecule has 1 aliphatic carbocycles. The van der Waals surface area contributed by atoms with Gasteiger partial charge in [0.15, 0.2) is 0 Å². The Bertz CT molecular complexity index is 525. The number of nitrogens with zero attached hydrogens (tertiary/aromatic N) is 1. The Morgan fingerprint density at radius 2 is 2.09 bits per heavy atom. The highest BCUT2D eigenvalue weighted by atomic mass is 16.3. The molecule has 3 rings (SSSR count). The van der Waals surface area contributed by atoms with E-state index in [-0.39, 0.29) is 23.5 Å². The number of aliphatic hydroxyl groups excluding tert-OH is 1. The molecule has 0 spiro atoms. The van der Waals surface area contributed by atoms with Gasteiger partial charge in [0, 0.05) is 18.0 Å². The van der Waals surface area contributed by atoms with Crippen LogP contribution in [0.4, 0.5) is 0 Å². The lowest BCUT2D eigenvalue weighted by molar-refractivity contribution is -0.124. The molecule has 2 unspecified atom stereocenters. The van der Waals surface area contributed by atoms with Crippen LogP contribution in [0.2, 0.25) is 0 Å². The molecular formula is C19H28N2O2. The van der Waals surface area contributed by atoms with Crippen LogP contribution in [0.3, 0.4) is 0 Å². The molecule has 1 saturated carbocycles. The van der Waals surface area contributed by atoms with Crippen molar-refractivity contribution in [2.75, 3.05) is 19.6 Å². The summed E-state index contributed by atoms with van der Waals surface area (Å²) in [5.74, 6) is 0.0831. The Morgan fingerprint density at radius 3 is 2.74 bits per heavy atom. The minimum atomic E-state index is -0.373. The summed E-state index contributed by atoms with van der Waals surface area (Å²) < 4.78 is 0. The maximum atomic E-state index is 12.4. The van der Waals surface area contributed by atoms with Crippen LogP contribution in [0.15, 0.2) is 30.3 Å². The summed E-state index contributed by atoms with van der Waals surface area (Å²) >= 11 is 0. The van der Waals surface area contributed by atoms with Crippen molar-refractivity contribution in [3.05, 3.63) is 35.9 Å². The molecule has 2 fully saturated rings. The van der Waals surface area contributed by atoms with Gasteiger partial charge >= 0.3 is 0 Å². The molecule has 23 heavy (non-hydrogen) atoms. The Morgan fingerprint density at radius 1 is 1.35 bits per heavy atom. The third-order valence-corrected chi connectivity index (χ3v) is 5.43. The second kappa shape index (κ2) is 7.02. The van der Waals surface area contributed by atoms with E-state index in [0.29, 0.717) is 6.54 Å². The van der Waals surface area contributed by atoms with E-state index in [2.05, 4.69) is 34.5 Å². The van der Waals surface area contributed by atoms with Gasteiger partial charge in [-0.05, 0) is 44.7 Å². The van der Waals surface area contributed by atoms with Crippen molar-refractivity contribution in [2.24, 2.45) is 0 Å². The fourth-order valence-electron chi connectivity index (χ4n) is 3.78. The van der Waals surface area contributed by atoms with Crippen LogP contribution in [0.25, 0.3) is 0 Å². The number of carbonyl (C=O) groups is 1. The van der Waals surface area contributed by atoms with Gasteiger partial charge < -0.3 is 10.4 Å². The fraction of sp³-hybridized carbons (Fsp3) is 0.632. The standard InChI is InChI=1S/C19H28N2O2/c1-15(22)17-9-5-6-12-21(17)13-18(23)20-14-19(10-11-19)16-7-3-2-4-8-16/h2-4,7-8,15,17,22H,5-6,9-14H2,1H3,(H,20,23). The van der Waals surface area contributed by atoms with Gasteiger partial charge in [-0.15, -0.1) is 0 Å². The number of hydrogen-bond acceptors (Lipinski definition) is 3. The van der Waals surface area contributed by atoms with Crippen molar-refractivity contribution < 1.29 is 9.90 Å². The van der Waals surface area contributed by atoms with Crippen LogP contribution in [0, 0.1) is 0 Å². The number of benzene rings is 1. The van der Waals surface area contributed by atoms with E-state index in [4.69, 9.17) is 0 Å². The Labute approximate surface area is 138 Å². The van der Waals surface area contributed by atoms with Gasteiger partial charge in [-0.3, -0.25) is 9.69 Å². The van der Waals surface area contributed by atoms with Crippen LogP contribution >= 0.6 is 0 Å². The largest absolute Gasteiger partial charge is 0.392 e. The molecule has 1 saturated heterocycles. The van der Waals surface area contributed by atoms with Crippen molar-refractivity contribution in [2.45, 2.75) is 56.6 Å². The first-order chi connectivity index (χ1) is 11.1. The molecule has 2 aliphatic rings. The van der Waals surface area contributed by atoms with Crippen molar-refractivity contribution in [1.82, 2.24) is 10.2 Å². The van der Waals surface area contributed by atoms with E-state index in [0.717, 1.165) is 45.2 Å². The molecular weight excluding hydrogens is 288 g/mol. The normalized spacial score (nSPS) is 24.9. The Kier molecular flexibility index (Phi) is 5.02. The highest BCUT2D eigenvalue weighted by Gasteiger charge is 2.44. The summed E-state index contributed by atoms with van der Waals surface area (Å²) in [4.78, 5) is 14.5. The molecule has 0 aromatic heterocycles. The predicted molar refractivity (Wildman–Crippen MR) is 91.3 cm³/mol. The van der Waals surface area contributed by atoms with E-state index in [1.54, 1.807) is 0 Å². The van der Waals surface area contributed by atoms with Crippen molar-refractivity contribution in [1.29, 1.82) is 0 Å². The first-order valence-corrected chi connectivity index (χ1v) is 8.85. The van der Waals surface area contributed by atoms with E-state index >= 15 is 0 Å². The molecule has 1 heterocycles. The molecule has 0 bridgehead atoms. The summed E-state index contributed by atoms with van der Waals surface area (Å²) in [6, 6.07) is 10.6. The highest BCUT2D eigenvalue weighted by Crippen LogP contribution is 2.47. The molecule has 4 heteroatoms. The topological polar surface area (TPSA) is 52.6 Å². The second-order valence-electron chi connectivity index (χ2n) is 7.20. The minimum absolute atomic E-state index is 0.0831. The summed E-state index contributed by atoms with van der Waals surface area (Å²) in [5.41, 5.74) is 1.49. The molecule has 2 atom stereocenters. The lowest BCUT2D eigenvalue weighted by Gasteiger charge is -2.37. The van der Waals surface area contributed by atoms with Crippen molar-refractivity contribution in [3.8, 4) is 0 Å². The maximum Gasteiger partial charge on any atom is 0.234 e. The molecule has 1 aromatic rings. The zero-order valence-corrected chi connectivity index (χ0v) is 14.0. The van der Waals surface area contributed by atoms with Crippen molar-refractivity contribution >= 4 is 5.91 Å². The van der Waals surface area contributed by atoms with Gasteiger partial charge in [0.05, 0.1) is 12.6 Å². The summed E-state index contributed by atoms with van der Waals surface area (Å²) in [6.45, 7) is 3.87. The van der Waals surface area contributed by atoms with Gasteiger partial charge in [-0.2, -0.15) is 0 Å². The van der Waals surface area contributed by atoms with Crippen LogP contribution in [0.1, 0.15) is 44.6 Å². The Balaban J connectivity index is 1.52. The van der Waals surface area contributed by atoms with Crippen LogP contribution in [0.5, 0.6) is 0 Å². The summed E-state index contributed by atoms with van der Waals surface area (Å²) in [7, 11) is 0. The van der Waals surface area contributed by atoms with Crippen LogP contribution < -0.4 is 5.32 Å². The van der Waals surface area contributed by atoms with E-state index in [1.165, 1.54) is 5.56 Å². The first kappa shape index (κ1) is 16.5. The van der Waals surface area contributed by atoms with E-state index in [9.17, 15) is 9.90 Å². The van der Waals surface area contributed by atoms with Gasteiger partial charge in [0.1, 0.15) is 0 Å². The zero-order chi connectivity index (χ0) is 16.3. The highest BCUT2D eigenvalue weighted by molar-refractivity contribution is 5.78. The number of carbonyl (C=O) groups excluding carboxylic acids is 1. The number of hydrogen-bond donors (Lipinski definition) is 2. The zero-order valence-electron chi connectivity index (χ0n) is 14.0. The van der Waals surface area contributed by atoms with E-state index < -0.39 is 0 Å². The molecule has 126 valence electrons. The molecule has 1 aliphatic heterocycles. The lowest BCUT2D eigenvalue weighted by atomic mass is 9.96. The Hall–Kier alpha value is -1.39. The van der Waals surface area contributed by atoms with Crippen LogP contribution in [-0.4, -0.2) is 47.7 Å². The predicted octanol–water partition coefficient (Wildman–Crippen LogP) is 2.07. The van der Waals surface area contributed by atoms with Gasteiger partial charge in [-0.1, -0.05) is 36.8 Å². The molecule has 4 nitrogen and oxygen atoms in total. The summed E-state index contributed by atoms with van der Waals surface area (Å²) in [6.07, 6.45) is 5.17. The van der Waals surface area contributed by atoms with Gasteiger partial charge in [-0.25, -0.2) is 0 Å². The SMILES string of the molecule is CC(O)C1CCCCN1CC(=O)NCC1(c2ccccc2)CC1. The lowest BCUT2D eigenvalue weighted by Crippen LogP contribution is -2.50. The van der Waals surface area contributed by atoms with Crippen LogP contribution in [-0.2, 0) is 10.2 Å². The number of amides is 1. The molecule has 2 N–H and O–H groups in total. The molecule has 1 amide bonds. The second-order valence-corrected chi connectivity index (χ2v) is 7.20. The van der Waals surface area contributed by atoms with Gasteiger partial charge in [0.2, 0.25) is 5.91 Å².